The number of hydrogen-bond donors (Lipinski definition) is 2. The average molecular weight is 402 g/mol. The maximum Gasteiger partial charge on any atom is 0.365 e. The van der Waals surface area contributed by atoms with Crippen LogP contribution in [0.15, 0.2) is 0 Å². The molecule has 1 aliphatic heterocycles. The van der Waals surface area contributed by atoms with Crippen LogP contribution in [-0.4, -0.2) is 68.6 Å². The highest BCUT2D eigenvalue weighted by molar-refractivity contribution is 7.85. The summed E-state index contributed by atoms with van der Waals surface area (Å²) in [5.74, 6) is -2.18. The molecule has 2 atom stereocenters. The number of ether oxygens (including phenoxy) is 1. The van der Waals surface area contributed by atoms with Gasteiger partial charge in [0, 0.05) is 0 Å². The minimum Gasteiger partial charge on any atom is -0.465 e. The van der Waals surface area contributed by atoms with E-state index in [0.717, 1.165) is 0 Å². The minimum absolute atomic E-state index is 0.114. The number of esters is 1. The lowest BCUT2D eigenvalue weighted by Gasteiger charge is -2.41. The van der Waals surface area contributed by atoms with Crippen LogP contribution in [0.2, 0.25) is 0 Å². The van der Waals surface area contributed by atoms with Gasteiger partial charge in [0.15, 0.2) is 0 Å². The second kappa shape index (κ2) is 7.53. The van der Waals surface area contributed by atoms with Gasteiger partial charge in [-0.3, -0.25) is 18.3 Å². The van der Waals surface area contributed by atoms with Crippen LogP contribution in [0.3, 0.4) is 0 Å². The molecular formula is C12H22N2O9S2. The number of nitrogens with zero attached hydrogens (tertiary/aromatic N) is 1. The van der Waals surface area contributed by atoms with Crippen LogP contribution in [0.1, 0.15) is 27.2 Å². The summed E-state index contributed by atoms with van der Waals surface area (Å²) < 4.78 is 63.8. The Morgan fingerprint density at radius 1 is 1.32 bits per heavy atom. The van der Waals surface area contributed by atoms with Crippen LogP contribution >= 0.6 is 0 Å². The molecule has 0 spiro atoms. The molecule has 0 aromatic carbocycles. The Kier molecular flexibility index (Phi) is 6.56. The average Bonchev–Trinajstić information content (AvgIpc) is 2.48. The molecule has 1 fully saturated rings. The van der Waals surface area contributed by atoms with Crippen molar-refractivity contribution < 1.29 is 39.9 Å². The van der Waals surface area contributed by atoms with Gasteiger partial charge >= 0.3 is 16.3 Å². The van der Waals surface area contributed by atoms with Crippen molar-refractivity contribution in [2.75, 3.05) is 19.0 Å². The zero-order valence-electron chi connectivity index (χ0n) is 14.0. The summed E-state index contributed by atoms with van der Waals surface area (Å²) in [4.78, 5) is 23.4. The minimum atomic E-state index is -4.38. The van der Waals surface area contributed by atoms with E-state index >= 15 is 0 Å². The maximum absolute atomic E-state index is 12.0. The van der Waals surface area contributed by atoms with Gasteiger partial charge in [0.05, 0.1) is 30.4 Å². The first kappa shape index (κ1) is 21.8. The quantitative estimate of drug-likeness (QED) is 0.203. The third kappa shape index (κ3) is 5.60. The molecule has 0 aromatic rings. The Labute approximate surface area is 146 Å². The highest BCUT2D eigenvalue weighted by Crippen LogP contribution is 2.26. The predicted molar refractivity (Wildman–Crippen MR) is 84.9 cm³/mol. The van der Waals surface area contributed by atoms with Gasteiger partial charge in [-0.2, -0.15) is 16.8 Å². The van der Waals surface area contributed by atoms with Gasteiger partial charge in [-0.25, -0.2) is 4.31 Å². The maximum atomic E-state index is 12.0. The molecule has 3 N–H and O–H groups in total. The first-order chi connectivity index (χ1) is 11.2. The molecule has 0 aliphatic carbocycles. The van der Waals surface area contributed by atoms with Crippen molar-refractivity contribution in [3.05, 3.63) is 0 Å². The van der Waals surface area contributed by atoms with Crippen LogP contribution in [0.4, 0.5) is 0 Å². The molecule has 2 unspecified atom stereocenters. The lowest BCUT2D eigenvalue weighted by Crippen LogP contribution is -2.69. The van der Waals surface area contributed by atoms with Crippen molar-refractivity contribution in [2.45, 2.75) is 39.3 Å². The molecule has 13 heteroatoms. The SMILES string of the molecule is CC1C(N)C(=O)N1S(=O)(=O)OCC(C)(C)C(=O)OCCCS(=O)(=O)O. The van der Waals surface area contributed by atoms with Crippen molar-refractivity contribution in [3.63, 3.8) is 0 Å². The van der Waals surface area contributed by atoms with Gasteiger partial charge < -0.3 is 10.5 Å². The van der Waals surface area contributed by atoms with E-state index in [0.29, 0.717) is 4.31 Å². The second-order valence-electron chi connectivity index (χ2n) is 6.28. The molecule has 1 saturated heterocycles. The first-order valence-corrected chi connectivity index (χ1v) is 10.3. The van der Waals surface area contributed by atoms with Crippen molar-refractivity contribution in [1.82, 2.24) is 4.31 Å². The molecule has 11 nitrogen and oxygen atoms in total. The van der Waals surface area contributed by atoms with Crippen LogP contribution in [0, 0.1) is 5.41 Å². The Hall–Kier alpha value is -1.28. The molecular weight excluding hydrogens is 380 g/mol. The fourth-order valence-electron chi connectivity index (χ4n) is 1.87. The summed E-state index contributed by atoms with van der Waals surface area (Å²) in [6.07, 6.45) is -0.114. The summed E-state index contributed by atoms with van der Waals surface area (Å²) in [6, 6.07) is -1.66. The summed E-state index contributed by atoms with van der Waals surface area (Å²) in [7, 11) is -8.53. The molecule has 1 amide bonds. The zero-order chi connectivity index (χ0) is 19.6. The van der Waals surface area contributed by atoms with E-state index in [4.69, 9.17) is 19.2 Å². The molecule has 0 bridgehead atoms. The Balaban J connectivity index is 2.54. The normalized spacial score (nSPS) is 21.8. The fraction of sp³-hybridized carbons (Fsp3) is 0.833. The van der Waals surface area contributed by atoms with Crippen molar-refractivity contribution >= 4 is 32.3 Å². The van der Waals surface area contributed by atoms with Crippen LogP contribution < -0.4 is 5.73 Å². The van der Waals surface area contributed by atoms with Crippen LogP contribution in [-0.2, 0) is 38.9 Å². The van der Waals surface area contributed by atoms with Gasteiger partial charge in [0.25, 0.3) is 16.0 Å². The lowest BCUT2D eigenvalue weighted by molar-refractivity contribution is -0.155. The Morgan fingerprint density at radius 2 is 1.88 bits per heavy atom. The van der Waals surface area contributed by atoms with E-state index in [1.54, 1.807) is 0 Å². The molecule has 0 radical (unpaired) electrons. The number of carbonyl (C=O) groups excluding carboxylic acids is 2. The van der Waals surface area contributed by atoms with Gasteiger partial charge in [-0.05, 0) is 27.2 Å². The number of carbonyl (C=O) groups is 2. The van der Waals surface area contributed by atoms with Gasteiger partial charge in [0.2, 0.25) is 0 Å². The number of β-lactam (4-membered cyclic amide) rings is 1. The highest BCUT2D eigenvalue weighted by atomic mass is 32.2. The summed E-state index contributed by atoms with van der Waals surface area (Å²) >= 11 is 0. The van der Waals surface area contributed by atoms with Gasteiger partial charge in [-0.15, -0.1) is 0 Å². The number of hydrogen-bond acceptors (Lipinski definition) is 9. The van der Waals surface area contributed by atoms with E-state index < -0.39 is 62.2 Å². The number of amides is 1. The Bertz CT molecular complexity index is 730. The molecule has 25 heavy (non-hydrogen) atoms. The fourth-order valence-corrected chi connectivity index (χ4v) is 3.79. The molecule has 1 aliphatic rings. The smallest absolute Gasteiger partial charge is 0.365 e. The van der Waals surface area contributed by atoms with E-state index in [-0.39, 0.29) is 13.0 Å². The molecule has 1 heterocycles. The monoisotopic (exact) mass is 402 g/mol. The summed E-state index contributed by atoms with van der Waals surface area (Å²) in [6.45, 7) is 3.31. The first-order valence-electron chi connectivity index (χ1n) is 7.29. The number of nitrogens with two attached hydrogens (primary N) is 1. The zero-order valence-corrected chi connectivity index (χ0v) is 15.7. The summed E-state index contributed by atoms with van der Waals surface area (Å²) in [5.41, 5.74) is 4.06. The molecule has 146 valence electrons. The van der Waals surface area contributed by atoms with Gasteiger partial charge in [-0.1, -0.05) is 0 Å². The standard InChI is InChI=1S/C12H22N2O9S2/c1-8-9(13)10(15)14(8)25(20,21)23-7-12(2,3)11(16)22-5-4-6-24(17,18)19/h8-9H,4-7,13H2,1-3H3,(H,17,18,19). The molecule has 0 saturated carbocycles. The third-order valence-corrected chi connectivity index (χ3v) is 5.75. The van der Waals surface area contributed by atoms with Crippen molar-refractivity contribution in [1.29, 1.82) is 0 Å². The van der Waals surface area contributed by atoms with Crippen LogP contribution in [0.5, 0.6) is 0 Å². The lowest BCUT2D eigenvalue weighted by atomic mass is 9.95. The van der Waals surface area contributed by atoms with E-state index in [1.807, 2.05) is 0 Å². The highest BCUT2D eigenvalue weighted by Gasteiger charge is 2.50. The molecule has 0 aromatic heterocycles. The molecule has 1 rings (SSSR count). The predicted octanol–water partition coefficient (Wildman–Crippen LogP) is -1.35. The van der Waals surface area contributed by atoms with Crippen molar-refractivity contribution in [2.24, 2.45) is 11.1 Å². The van der Waals surface area contributed by atoms with Gasteiger partial charge in [0.1, 0.15) is 6.04 Å². The van der Waals surface area contributed by atoms with Crippen molar-refractivity contribution in [3.8, 4) is 0 Å². The van der Waals surface area contributed by atoms with E-state index in [9.17, 15) is 26.4 Å². The largest absolute Gasteiger partial charge is 0.465 e. The topological polar surface area (TPSA) is 170 Å². The summed E-state index contributed by atoms with van der Waals surface area (Å²) in [5, 5.41) is 0. The van der Waals surface area contributed by atoms with E-state index in [2.05, 4.69) is 0 Å². The number of rotatable bonds is 9. The third-order valence-electron chi connectivity index (χ3n) is 3.53. The Morgan fingerprint density at radius 3 is 2.36 bits per heavy atom. The second-order valence-corrected chi connectivity index (χ2v) is 9.34. The van der Waals surface area contributed by atoms with E-state index in [1.165, 1.54) is 20.8 Å². The van der Waals surface area contributed by atoms with Crippen LogP contribution in [0.25, 0.3) is 0 Å².